The van der Waals surface area contributed by atoms with Crippen LogP contribution in [0.25, 0.3) is 16.8 Å². The Bertz CT molecular complexity index is 983. The maximum Gasteiger partial charge on any atom is 0.303 e. The molecule has 0 aliphatic carbocycles. The van der Waals surface area contributed by atoms with Gasteiger partial charge in [-0.05, 0) is 10.4 Å². The van der Waals surface area contributed by atoms with Gasteiger partial charge in [0.2, 0.25) is 5.65 Å². The van der Waals surface area contributed by atoms with Crippen LogP contribution in [0.3, 0.4) is 0 Å². The molecule has 4 rings (SSSR count). The number of aromatic nitrogens is 7. The molecule has 3 aromatic rings. The van der Waals surface area contributed by atoms with Crippen molar-refractivity contribution in [2.45, 2.75) is 38.7 Å². The highest BCUT2D eigenvalue weighted by Gasteiger charge is 2.40. The van der Waals surface area contributed by atoms with Gasteiger partial charge in [0.05, 0.1) is 6.33 Å². The minimum atomic E-state index is -0.580. The monoisotopic (exact) mass is 361 g/mol. The highest BCUT2D eigenvalue weighted by molar-refractivity contribution is 5.84. The predicted molar refractivity (Wildman–Crippen MR) is 82.6 cm³/mol. The fourth-order valence-corrected chi connectivity index (χ4v) is 2.95. The Morgan fingerprint density at radius 3 is 2.85 bits per heavy atom. The third kappa shape index (κ3) is 2.83. The molecule has 1 saturated heterocycles. The zero-order chi connectivity index (χ0) is 18.3. The summed E-state index contributed by atoms with van der Waals surface area (Å²) in [5, 5.41) is 11.3. The second-order valence-corrected chi connectivity index (χ2v) is 5.83. The lowest BCUT2D eigenvalue weighted by molar-refractivity contribution is -0.155. The van der Waals surface area contributed by atoms with E-state index in [4.69, 9.17) is 14.2 Å². The van der Waals surface area contributed by atoms with E-state index in [9.17, 15) is 9.59 Å². The van der Waals surface area contributed by atoms with E-state index in [2.05, 4.69) is 25.5 Å². The third-order valence-electron chi connectivity index (χ3n) is 4.02. The first-order valence-corrected chi connectivity index (χ1v) is 7.88. The van der Waals surface area contributed by atoms with Crippen LogP contribution >= 0.6 is 0 Å². The van der Waals surface area contributed by atoms with Crippen molar-refractivity contribution in [3.63, 3.8) is 0 Å². The van der Waals surface area contributed by atoms with Crippen LogP contribution in [0.1, 0.15) is 26.5 Å². The van der Waals surface area contributed by atoms with Crippen LogP contribution in [-0.2, 0) is 23.8 Å². The van der Waals surface area contributed by atoms with E-state index in [1.54, 1.807) is 10.9 Å². The Hall–Kier alpha value is -3.15. The number of imidazole rings is 1. The van der Waals surface area contributed by atoms with Crippen LogP contribution < -0.4 is 0 Å². The maximum absolute atomic E-state index is 11.4. The molecular weight excluding hydrogens is 346 g/mol. The summed E-state index contributed by atoms with van der Waals surface area (Å²) in [5.41, 5.74) is 1.53. The summed E-state index contributed by atoms with van der Waals surface area (Å²) < 4.78 is 19.4. The lowest BCUT2D eigenvalue weighted by atomic mass is 10.2. The molecule has 1 aliphatic rings. The molecule has 0 saturated carbocycles. The van der Waals surface area contributed by atoms with Crippen LogP contribution in [-0.4, -0.2) is 65.3 Å². The van der Waals surface area contributed by atoms with E-state index < -0.39 is 30.4 Å². The van der Waals surface area contributed by atoms with Crippen LogP contribution in [0, 0.1) is 0 Å². The molecule has 12 heteroatoms. The lowest BCUT2D eigenvalue weighted by Gasteiger charge is -2.17. The number of carbonyl (C=O) groups excluding carboxylic acids is 2. The van der Waals surface area contributed by atoms with Gasteiger partial charge in [-0.1, -0.05) is 0 Å². The Kier molecular flexibility index (Phi) is 3.95. The molecule has 136 valence electrons. The van der Waals surface area contributed by atoms with Gasteiger partial charge in [0.15, 0.2) is 11.2 Å². The molecule has 26 heavy (non-hydrogen) atoms. The normalized spacial score (nSPS) is 22.8. The number of tetrazole rings is 1. The number of carbonyl (C=O) groups is 2. The minimum Gasteiger partial charge on any atom is -0.463 e. The molecule has 0 amide bonds. The topological polar surface area (TPSA) is 136 Å². The van der Waals surface area contributed by atoms with Gasteiger partial charge in [-0.3, -0.25) is 14.2 Å². The lowest BCUT2D eigenvalue weighted by Crippen LogP contribution is -2.31. The second-order valence-electron chi connectivity index (χ2n) is 5.83. The van der Waals surface area contributed by atoms with Crippen molar-refractivity contribution in [1.82, 2.24) is 34.6 Å². The van der Waals surface area contributed by atoms with Crippen molar-refractivity contribution in [1.29, 1.82) is 0 Å². The number of esters is 2. The molecular formula is C14H15N7O5. The standard InChI is InChI=1S/C14H15N7O5/c1-7(22)24-4-10-9(25-8(2)23)3-11(26-10)20-5-15-12-13(20)16-6-21-14(12)17-18-19-21/h5-6,9-11H,3-4H2,1-2H3. The first-order chi connectivity index (χ1) is 12.5. The van der Waals surface area contributed by atoms with E-state index in [1.807, 2.05) is 0 Å². The summed E-state index contributed by atoms with van der Waals surface area (Å²) in [5.74, 6) is -0.869. The number of rotatable bonds is 4. The summed E-state index contributed by atoms with van der Waals surface area (Å²) in [4.78, 5) is 31.1. The average molecular weight is 361 g/mol. The van der Waals surface area contributed by atoms with E-state index in [0.717, 1.165) is 0 Å². The van der Waals surface area contributed by atoms with Gasteiger partial charge in [0.25, 0.3) is 0 Å². The fraction of sp³-hybridized carbons (Fsp3) is 0.500. The zero-order valence-electron chi connectivity index (χ0n) is 14.0. The van der Waals surface area contributed by atoms with Gasteiger partial charge in [0, 0.05) is 20.3 Å². The number of ether oxygens (including phenoxy) is 3. The molecule has 3 unspecified atom stereocenters. The summed E-state index contributed by atoms with van der Waals surface area (Å²) in [6, 6.07) is 0. The maximum atomic E-state index is 11.4. The van der Waals surface area contributed by atoms with E-state index in [1.165, 1.54) is 24.7 Å². The summed E-state index contributed by atoms with van der Waals surface area (Å²) in [7, 11) is 0. The van der Waals surface area contributed by atoms with Gasteiger partial charge >= 0.3 is 11.9 Å². The highest BCUT2D eigenvalue weighted by atomic mass is 16.6. The zero-order valence-corrected chi connectivity index (χ0v) is 14.0. The molecule has 0 spiro atoms. The van der Waals surface area contributed by atoms with Crippen molar-refractivity contribution < 1.29 is 23.8 Å². The van der Waals surface area contributed by atoms with Crippen LogP contribution in [0.15, 0.2) is 12.7 Å². The van der Waals surface area contributed by atoms with Crippen molar-refractivity contribution in [3.05, 3.63) is 12.7 Å². The molecule has 3 atom stereocenters. The Morgan fingerprint density at radius 1 is 1.23 bits per heavy atom. The SMILES string of the molecule is CC(=O)OCC1OC(n2cnc3c2ncn2nnnc32)CC1OC(C)=O. The van der Waals surface area contributed by atoms with Crippen molar-refractivity contribution in [2.24, 2.45) is 0 Å². The molecule has 3 aromatic heterocycles. The first kappa shape index (κ1) is 16.3. The molecule has 4 heterocycles. The van der Waals surface area contributed by atoms with Gasteiger partial charge in [-0.25, -0.2) is 9.97 Å². The second kappa shape index (κ2) is 6.29. The Labute approximate surface area is 146 Å². The van der Waals surface area contributed by atoms with Crippen molar-refractivity contribution in [2.75, 3.05) is 6.61 Å². The van der Waals surface area contributed by atoms with Gasteiger partial charge < -0.3 is 14.2 Å². The highest BCUT2D eigenvalue weighted by Crippen LogP contribution is 2.33. The minimum absolute atomic E-state index is 0.0117. The summed E-state index contributed by atoms with van der Waals surface area (Å²) in [6.45, 7) is 2.61. The van der Waals surface area contributed by atoms with Gasteiger partial charge in [-0.2, -0.15) is 4.52 Å². The number of hydrogen-bond acceptors (Lipinski definition) is 10. The molecule has 0 bridgehead atoms. The Balaban J connectivity index is 1.63. The van der Waals surface area contributed by atoms with Crippen LogP contribution in [0.5, 0.6) is 0 Å². The Morgan fingerprint density at radius 2 is 2.08 bits per heavy atom. The molecule has 12 nitrogen and oxygen atoms in total. The molecule has 1 fully saturated rings. The van der Waals surface area contributed by atoms with Crippen LogP contribution in [0.2, 0.25) is 0 Å². The molecule has 1 aliphatic heterocycles. The fourth-order valence-electron chi connectivity index (χ4n) is 2.95. The quantitative estimate of drug-likeness (QED) is 0.567. The van der Waals surface area contributed by atoms with Crippen LogP contribution in [0.4, 0.5) is 0 Å². The van der Waals surface area contributed by atoms with E-state index in [-0.39, 0.29) is 6.61 Å². The summed E-state index contributed by atoms with van der Waals surface area (Å²) >= 11 is 0. The van der Waals surface area contributed by atoms with E-state index >= 15 is 0 Å². The molecule has 0 N–H and O–H groups in total. The average Bonchev–Trinajstić information content (AvgIpc) is 3.29. The molecule has 0 radical (unpaired) electrons. The van der Waals surface area contributed by atoms with Crippen molar-refractivity contribution in [3.8, 4) is 0 Å². The largest absolute Gasteiger partial charge is 0.463 e. The van der Waals surface area contributed by atoms with Gasteiger partial charge in [-0.15, -0.1) is 5.10 Å². The number of nitrogens with zero attached hydrogens (tertiary/aromatic N) is 7. The summed E-state index contributed by atoms with van der Waals surface area (Å²) in [6.07, 6.45) is 1.79. The first-order valence-electron chi connectivity index (χ1n) is 7.88. The third-order valence-corrected chi connectivity index (χ3v) is 4.02. The smallest absolute Gasteiger partial charge is 0.303 e. The number of fused-ring (bicyclic) bond motifs is 3. The predicted octanol–water partition coefficient (Wildman–Crippen LogP) is -0.349. The number of hydrogen-bond donors (Lipinski definition) is 0. The molecule has 0 aromatic carbocycles. The van der Waals surface area contributed by atoms with E-state index in [0.29, 0.717) is 23.2 Å². The van der Waals surface area contributed by atoms with Gasteiger partial charge in [0.1, 0.15) is 31.4 Å². The van der Waals surface area contributed by atoms with Crippen molar-refractivity contribution >= 4 is 28.7 Å².